The lowest BCUT2D eigenvalue weighted by molar-refractivity contribution is -0.114. The average Bonchev–Trinajstić information content (AvgIpc) is 3.21. The Balaban J connectivity index is 1.64. The lowest BCUT2D eigenvalue weighted by Crippen LogP contribution is -2.15. The second-order valence-electron chi connectivity index (χ2n) is 6.95. The molecule has 1 heterocycles. The molecule has 3 aromatic rings. The van der Waals surface area contributed by atoms with Gasteiger partial charge in [0.15, 0.2) is 11.0 Å². The number of hydrogen-bond donors (Lipinski definition) is 2. The number of rotatable bonds is 9. The number of thioether (sulfide) groups is 1. The van der Waals surface area contributed by atoms with Crippen LogP contribution in [0.5, 0.6) is 0 Å². The lowest BCUT2D eigenvalue weighted by Gasteiger charge is -2.09. The summed E-state index contributed by atoms with van der Waals surface area (Å²) in [5, 5.41) is 14.7. The Morgan fingerprint density at radius 1 is 1.00 bits per heavy atom. The van der Waals surface area contributed by atoms with Crippen molar-refractivity contribution in [2.45, 2.75) is 32.5 Å². The smallest absolute Gasteiger partial charge is 0.338 e. The standard InChI is InChI=1S/C23H25N5O4S/c1-4-28-21(17-7-6-8-19(13-17)24-15(3)29)26-27-23(28)33-14-20(30)25-18-11-9-16(10-12-18)22(31)32-5-2/h6-13H,4-5,14H2,1-3H3,(H,24,29)(H,25,30). The number of carbonyl (C=O) groups is 3. The van der Waals surface area contributed by atoms with Gasteiger partial charge in [0.1, 0.15) is 0 Å². The van der Waals surface area contributed by atoms with Crippen LogP contribution in [0.25, 0.3) is 11.4 Å². The predicted molar refractivity (Wildman–Crippen MR) is 127 cm³/mol. The number of esters is 1. The zero-order valence-corrected chi connectivity index (χ0v) is 19.4. The van der Waals surface area contributed by atoms with Crippen LogP contribution in [0.4, 0.5) is 11.4 Å². The molecule has 33 heavy (non-hydrogen) atoms. The molecular weight excluding hydrogens is 442 g/mol. The minimum Gasteiger partial charge on any atom is -0.462 e. The summed E-state index contributed by atoms with van der Waals surface area (Å²) in [6.45, 7) is 6.09. The summed E-state index contributed by atoms with van der Waals surface area (Å²) in [6, 6.07) is 13.9. The van der Waals surface area contributed by atoms with E-state index in [4.69, 9.17) is 4.74 Å². The molecule has 0 saturated carbocycles. The van der Waals surface area contributed by atoms with Crippen molar-refractivity contribution in [2.75, 3.05) is 23.0 Å². The number of hydrogen-bond acceptors (Lipinski definition) is 7. The van der Waals surface area contributed by atoms with E-state index in [9.17, 15) is 14.4 Å². The number of nitrogens with one attached hydrogen (secondary N) is 2. The van der Waals surface area contributed by atoms with Crippen molar-refractivity contribution in [3.8, 4) is 11.4 Å². The molecule has 9 nitrogen and oxygen atoms in total. The number of carbonyl (C=O) groups excluding carboxylic acids is 3. The molecule has 0 aliphatic heterocycles. The first-order valence-electron chi connectivity index (χ1n) is 10.4. The van der Waals surface area contributed by atoms with Crippen LogP contribution in [0, 0.1) is 0 Å². The fourth-order valence-corrected chi connectivity index (χ4v) is 3.87. The number of nitrogens with zero attached hydrogens (tertiary/aromatic N) is 3. The molecule has 0 aliphatic carbocycles. The van der Waals surface area contributed by atoms with E-state index in [2.05, 4.69) is 20.8 Å². The molecule has 1 aromatic heterocycles. The van der Waals surface area contributed by atoms with Crippen LogP contribution in [-0.4, -0.2) is 44.9 Å². The Morgan fingerprint density at radius 2 is 1.76 bits per heavy atom. The highest BCUT2D eigenvalue weighted by Crippen LogP contribution is 2.26. The van der Waals surface area contributed by atoms with Gasteiger partial charge in [0.25, 0.3) is 0 Å². The van der Waals surface area contributed by atoms with Gasteiger partial charge >= 0.3 is 5.97 Å². The SMILES string of the molecule is CCOC(=O)c1ccc(NC(=O)CSc2nnc(-c3cccc(NC(C)=O)c3)n2CC)cc1. The van der Waals surface area contributed by atoms with Gasteiger partial charge in [0, 0.05) is 30.4 Å². The number of ether oxygens (including phenoxy) is 1. The number of benzene rings is 2. The Hall–Kier alpha value is -3.66. The molecule has 0 unspecified atom stereocenters. The van der Waals surface area contributed by atoms with E-state index in [0.29, 0.717) is 41.1 Å². The molecule has 0 fully saturated rings. The molecule has 2 amide bonds. The maximum Gasteiger partial charge on any atom is 0.338 e. The highest BCUT2D eigenvalue weighted by molar-refractivity contribution is 7.99. The molecule has 10 heteroatoms. The van der Waals surface area contributed by atoms with Gasteiger partial charge in [-0.1, -0.05) is 23.9 Å². The maximum absolute atomic E-state index is 12.4. The summed E-state index contributed by atoms with van der Waals surface area (Å²) >= 11 is 1.28. The quantitative estimate of drug-likeness (QED) is 0.363. The molecule has 2 N–H and O–H groups in total. The molecule has 2 aromatic carbocycles. The topological polar surface area (TPSA) is 115 Å². The summed E-state index contributed by atoms with van der Waals surface area (Å²) in [5.41, 5.74) is 2.50. The minimum absolute atomic E-state index is 0.143. The molecule has 0 saturated heterocycles. The molecule has 0 spiro atoms. The van der Waals surface area contributed by atoms with Crippen molar-refractivity contribution in [2.24, 2.45) is 0 Å². The van der Waals surface area contributed by atoms with Crippen molar-refractivity contribution < 1.29 is 19.1 Å². The Labute approximate surface area is 195 Å². The molecule has 0 aliphatic rings. The van der Waals surface area contributed by atoms with E-state index in [1.165, 1.54) is 18.7 Å². The van der Waals surface area contributed by atoms with Crippen molar-refractivity contribution in [1.29, 1.82) is 0 Å². The summed E-state index contributed by atoms with van der Waals surface area (Å²) in [4.78, 5) is 35.5. The monoisotopic (exact) mass is 467 g/mol. The molecule has 172 valence electrons. The lowest BCUT2D eigenvalue weighted by atomic mass is 10.2. The summed E-state index contributed by atoms with van der Waals surface area (Å²) in [7, 11) is 0. The highest BCUT2D eigenvalue weighted by Gasteiger charge is 2.15. The fourth-order valence-electron chi connectivity index (χ4n) is 3.06. The van der Waals surface area contributed by atoms with Crippen molar-refractivity contribution >= 4 is 40.9 Å². The first-order valence-corrected chi connectivity index (χ1v) is 11.4. The Bertz CT molecular complexity index is 1140. The first-order chi connectivity index (χ1) is 15.9. The third-order valence-corrected chi connectivity index (χ3v) is 5.45. The number of amides is 2. The first kappa shape index (κ1) is 24.0. The van der Waals surface area contributed by atoms with E-state index >= 15 is 0 Å². The summed E-state index contributed by atoms with van der Waals surface area (Å²) in [5.74, 6) is 0.0417. The van der Waals surface area contributed by atoms with E-state index in [1.807, 2.05) is 29.7 Å². The second kappa shape index (κ2) is 11.3. The number of anilines is 2. The van der Waals surface area contributed by atoms with E-state index in [0.717, 1.165) is 5.56 Å². The van der Waals surface area contributed by atoms with E-state index in [1.54, 1.807) is 37.3 Å². The third kappa shape index (κ3) is 6.42. The molecule has 0 radical (unpaired) electrons. The van der Waals surface area contributed by atoms with Gasteiger partial charge < -0.3 is 19.9 Å². The fraction of sp³-hybridized carbons (Fsp3) is 0.261. The van der Waals surface area contributed by atoms with Crippen LogP contribution in [0.2, 0.25) is 0 Å². The van der Waals surface area contributed by atoms with Gasteiger partial charge in [0.05, 0.1) is 17.9 Å². The zero-order chi connectivity index (χ0) is 23.8. The van der Waals surface area contributed by atoms with Gasteiger partial charge in [-0.15, -0.1) is 10.2 Å². The van der Waals surface area contributed by atoms with E-state index in [-0.39, 0.29) is 17.6 Å². The van der Waals surface area contributed by atoms with Crippen LogP contribution in [0.15, 0.2) is 53.7 Å². The van der Waals surface area contributed by atoms with Crippen molar-refractivity contribution in [3.63, 3.8) is 0 Å². The zero-order valence-electron chi connectivity index (χ0n) is 18.6. The van der Waals surface area contributed by atoms with Gasteiger partial charge in [-0.05, 0) is 50.2 Å². The molecule has 0 bridgehead atoms. The van der Waals surface area contributed by atoms with Crippen molar-refractivity contribution in [3.05, 3.63) is 54.1 Å². The van der Waals surface area contributed by atoms with Gasteiger partial charge in [-0.2, -0.15) is 0 Å². The predicted octanol–water partition coefficient (Wildman–Crippen LogP) is 3.83. The van der Waals surface area contributed by atoms with E-state index < -0.39 is 5.97 Å². The normalized spacial score (nSPS) is 10.5. The van der Waals surface area contributed by atoms with Crippen LogP contribution < -0.4 is 10.6 Å². The molecular formula is C23H25N5O4S. The molecule has 3 rings (SSSR count). The van der Waals surface area contributed by atoms with Crippen LogP contribution in [-0.2, 0) is 20.9 Å². The summed E-state index contributed by atoms with van der Waals surface area (Å²) in [6.07, 6.45) is 0. The minimum atomic E-state index is -0.400. The van der Waals surface area contributed by atoms with Gasteiger partial charge in [-0.25, -0.2) is 4.79 Å². The van der Waals surface area contributed by atoms with Crippen LogP contribution in [0.1, 0.15) is 31.1 Å². The largest absolute Gasteiger partial charge is 0.462 e. The van der Waals surface area contributed by atoms with Crippen LogP contribution in [0.3, 0.4) is 0 Å². The Kier molecular flexibility index (Phi) is 8.20. The van der Waals surface area contributed by atoms with Crippen molar-refractivity contribution in [1.82, 2.24) is 14.8 Å². The molecule has 0 atom stereocenters. The summed E-state index contributed by atoms with van der Waals surface area (Å²) < 4.78 is 6.87. The van der Waals surface area contributed by atoms with Gasteiger partial charge in [0.2, 0.25) is 11.8 Å². The van der Waals surface area contributed by atoms with Gasteiger partial charge in [-0.3, -0.25) is 9.59 Å². The second-order valence-corrected chi connectivity index (χ2v) is 7.89. The highest BCUT2D eigenvalue weighted by atomic mass is 32.2. The maximum atomic E-state index is 12.4. The average molecular weight is 468 g/mol. The third-order valence-electron chi connectivity index (χ3n) is 4.49. The Morgan fingerprint density at radius 3 is 2.42 bits per heavy atom. The number of aromatic nitrogens is 3. The van der Waals surface area contributed by atoms with Crippen LogP contribution >= 0.6 is 11.8 Å².